The third-order valence-electron chi connectivity index (χ3n) is 4.88. The van der Waals surface area contributed by atoms with Crippen molar-refractivity contribution in [1.82, 2.24) is 0 Å². The Morgan fingerprint density at radius 1 is 1.12 bits per heavy atom. The number of phenolic OH excluding ortho intramolecular Hbond substituents is 1. The maximum Gasteiger partial charge on any atom is 0.336 e. The van der Waals surface area contributed by atoms with Gasteiger partial charge < -0.3 is 14.4 Å². The molecule has 1 saturated heterocycles. The summed E-state index contributed by atoms with van der Waals surface area (Å²) in [7, 11) is 0. The van der Waals surface area contributed by atoms with Gasteiger partial charge in [0.2, 0.25) is 0 Å². The van der Waals surface area contributed by atoms with Crippen LogP contribution >= 0.6 is 11.6 Å². The van der Waals surface area contributed by atoms with E-state index >= 15 is 0 Å². The van der Waals surface area contributed by atoms with Gasteiger partial charge in [-0.1, -0.05) is 41.9 Å². The second-order valence-electron chi connectivity index (χ2n) is 6.54. The Hall–Kier alpha value is -2.30. The quantitative estimate of drug-likeness (QED) is 0.709. The van der Waals surface area contributed by atoms with Crippen LogP contribution in [0.5, 0.6) is 5.75 Å². The van der Waals surface area contributed by atoms with E-state index in [0.717, 1.165) is 29.6 Å². The van der Waals surface area contributed by atoms with E-state index in [1.165, 1.54) is 23.8 Å². The molecular weight excluding hydrogens is 338 g/mol. The molecule has 1 aromatic heterocycles. The van der Waals surface area contributed by atoms with Crippen molar-refractivity contribution in [3.05, 3.63) is 63.5 Å². The number of quaternary nitrogens is 1. The van der Waals surface area contributed by atoms with E-state index in [1.54, 1.807) is 6.07 Å². The van der Waals surface area contributed by atoms with E-state index < -0.39 is 5.63 Å². The molecule has 4 rings (SSSR count). The van der Waals surface area contributed by atoms with Gasteiger partial charge in [0, 0.05) is 24.3 Å². The SMILES string of the molecule is O=c1cc(-c2ccccc2)c2cc(Cl)c(O)c(C[NH+]3CCCC3)c2o1. The summed E-state index contributed by atoms with van der Waals surface area (Å²) < 4.78 is 5.51. The normalized spacial score (nSPS) is 15.1. The van der Waals surface area contributed by atoms with Crippen molar-refractivity contribution in [1.29, 1.82) is 0 Å². The molecule has 2 aromatic carbocycles. The molecule has 0 bridgehead atoms. The van der Waals surface area contributed by atoms with Gasteiger partial charge in [0.25, 0.3) is 0 Å². The summed E-state index contributed by atoms with van der Waals surface area (Å²) in [5.41, 5.74) is 2.32. The average molecular weight is 357 g/mol. The van der Waals surface area contributed by atoms with Gasteiger partial charge in [-0.2, -0.15) is 0 Å². The Morgan fingerprint density at radius 3 is 2.56 bits per heavy atom. The highest BCUT2D eigenvalue weighted by Gasteiger charge is 2.23. The van der Waals surface area contributed by atoms with E-state index in [2.05, 4.69) is 0 Å². The predicted molar refractivity (Wildman–Crippen MR) is 98.2 cm³/mol. The second kappa shape index (κ2) is 6.54. The standard InChI is InChI=1S/C20H18ClNO3/c21-17-10-15-14(13-6-2-1-3-7-13)11-18(23)25-20(15)16(19(17)24)12-22-8-4-5-9-22/h1-3,6-7,10-11,24H,4-5,8-9,12H2/p+1. The molecule has 0 spiro atoms. The fourth-order valence-electron chi connectivity index (χ4n) is 3.64. The smallest absolute Gasteiger partial charge is 0.336 e. The Kier molecular flexibility index (Phi) is 4.24. The van der Waals surface area contributed by atoms with E-state index in [9.17, 15) is 9.90 Å². The van der Waals surface area contributed by atoms with Gasteiger partial charge in [-0.15, -0.1) is 0 Å². The summed E-state index contributed by atoms with van der Waals surface area (Å²) in [5, 5.41) is 11.5. The maximum atomic E-state index is 12.2. The number of likely N-dealkylation sites (tertiary alicyclic amines) is 1. The fraction of sp³-hybridized carbons (Fsp3) is 0.250. The molecule has 0 aliphatic carbocycles. The van der Waals surface area contributed by atoms with Crippen molar-refractivity contribution >= 4 is 22.6 Å². The van der Waals surface area contributed by atoms with Crippen LogP contribution < -0.4 is 10.5 Å². The monoisotopic (exact) mass is 356 g/mol. The molecule has 1 fully saturated rings. The average Bonchev–Trinajstić information content (AvgIpc) is 3.13. The van der Waals surface area contributed by atoms with Gasteiger partial charge >= 0.3 is 5.63 Å². The zero-order valence-corrected chi connectivity index (χ0v) is 14.5. The molecular formula is C20H19ClNO3+. The van der Waals surface area contributed by atoms with E-state index in [-0.39, 0.29) is 10.8 Å². The molecule has 2 N–H and O–H groups in total. The molecule has 0 unspecified atom stereocenters. The van der Waals surface area contributed by atoms with Crippen LogP contribution in [0, 0.1) is 0 Å². The molecule has 0 saturated carbocycles. The summed E-state index contributed by atoms with van der Waals surface area (Å²) in [4.78, 5) is 13.5. The number of aromatic hydroxyl groups is 1. The van der Waals surface area contributed by atoms with E-state index in [0.29, 0.717) is 17.7 Å². The summed E-state index contributed by atoms with van der Waals surface area (Å²) in [5.74, 6) is 0.0157. The first kappa shape index (κ1) is 16.2. The second-order valence-corrected chi connectivity index (χ2v) is 6.95. The fourth-order valence-corrected chi connectivity index (χ4v) is 3.86. The maximum absolute atomic E-state index is 12.2. The Labute approximate surface area is 150 Å². The molecule has 4 nitrogen and oxygen atoms in total. The van der Waals surface area contributed by atoms with Crippen LogP contribution in [0.1, 0.15) is 18.4 Å². The van der Waals surface area contributed by atoms with Crippen LogP contribution in [0.3, 0.4) is 0 Å². The molecule has 0 amide bonds. The highest BCUT2D eigenvalue weighted by atomic mass is 35.5. The minimum absolute atomic E-state index is 0.0157. The zero-order valence-electron chi connectivity index (χ0n) is 13.7. The van der Waals surface area contributed by atoms with Gasteiger partial charge in [-0.05, 0) is 17.2 Å². The lowest BCUT2D eigenvalue weighted by Gasteiger charge is -2.16. The molecule has 1 aliphatic rings. The van der Waals surface area contributed by atoms with Crippen LogP contribution in [-0.2, 0) is 6.54 Å². The minimum atomic E-state index is -0.425. The first-order valence-electron chi connectivity index (χ1n) is 8.50. The van der Waals surface area contributed by atoms with Gasteiger partial charge in [0.1, 0.15) is 12.3 Å². The number of benzene rings is 2. The van der Waals surface area contributed by atoms with Crippen molar-refractivity contribution in [3.63, 3.8) is 0 Å². The number of hydrogen-bond acceptors (Lipinski definition) is 3. The number of hydrogen-bond donors (Lipinski definition) is 2. The molecule has 0 atom stereocenters. The van der Waals surface area contributed by atoms with Crippen LogP contribution in [0.2, 0.25) is 5.02 Å². The molecule has 25 heavy (non-hydrogen) atoms. The Balaban J connectivity index is 1.97. The number of fused-ring (bicyclic) bond motifs is 1. The van der Waals surface area contributed by atoms with Gasteiger partial charge in [0.05, 0.1) is 23.7 Å². The van der Waals surface area contributed by atoms with Gasteiger partial charge in [0.15, 0.2) is 5.58 Å². The van der Waals surface area contributed by atoms with Crippen LogP contribution in [0.15, 0.2) is 51.7 Å². The van der Waals surface area contributed by atoms with Crippen molar-refractivity contribution in [2.45, 2.75) is 19.4 Å². The highest BCUT2D eigenvalue weighted by molar-refractivity contribution is 6.33. The van der Waals surface area contributed by atoms with Crippen molar-refractivity contribution < 1.29 is 14.4 Å². The summed E-state index contributed by atoms with van der Waals surface area (Å²) in [6.45, 7) is 2.70. The minimum Gasteiger partial charge on any atom is -0.506 e. The largest absolute Gasteiger partial charge is 0.506 e. The molecule has 1 aliphatic heterocycles. The molecule has 3 aromatic rings. The Bertz CT molecular complexity index is 976. The lowest BCUT2D eigenvalue weighted by atomic mass is 9.99. The van der Waals surface area contributed by atoms with Crippen molar-refractivity contribution in [2.24, 2.45) is 0 Å². The van der Waals surface area contributed by atoms with Crippen molar-refractivity contribution in [3.8, 4) is 16.9 Å². The first-order chi connectivity index (χ1) is 12.1. The number of nitrogens with one attached hydrogen (secondary N) is 1. The summed E-state index contributed by atoms with van der Waals surface area (Å²) >= 11 is 6.30. The lowest BCUT2D eigenvalue weighted by Crippen LogP contribution is -3.08. The first-order valence-corrected chi connectivity index (χ1v) is 8.88. The van der Waals surface area contributed by atoms with Gasteiger partial charge in [-0.25, -0.2) is 4.79 Å². The van der Waals surface area contributed by atoms with Crippen LogP contribution in [-0.4, -0.2) is 18.2 Å². The number of phenols is 1. The Morgan fingerprint density at radius 2 is 1.84 bits per heavy atom. The summed E-state index contributed by atoms with van der Waals surface area (Å²) in [6, 6.07) is 12.8. The molecule has 0 radical (unpaired) electrons. The number of halogens is 1. The topological polar surface area (TPSA) is 54.9 Å². The van der Waals surface area contributed by atoms with Gasteiger partial charge in [-0.3, -0.25) is 0 Å². The molecule has 2 heterocycles. The predicted octanol–water partition coefficient (Wildman–Crippen LogP) is 3.00. The zero-order chi connectivity index (χ0) is 17.4. The van der Waals surface area contributed by atoms with Crippen molar-refractivity contribution in [2.75, 3.05) is 13.1 Å². The van der Waals surface area contributed by atoms with E-state index in [4.69, 9.17) is 16.0 Å². The third-order valence-corrected chi connectivity index (χ3v) is 5.17. The number of rotatable bonds is 3. The van der Waals surface area contributed by atoms with E-state index in [1.807, 2.05) is 30.3 Å². The summed E-state index contributed by atoms with van der Waals surface area (Å²) in [6.07, 6.45) is 2.35. The molecule has 5 heteroatoms. The van der Waals surface area contributed by atoms with Crippen LogP contribution in [0.4, 0.5) is 0 Å². The molecule has 128 valence electrons. The van der Waals surface area contributed by atoms with Crippen LogP contribution in [0.25, 0.3) is 22.1 Å². The highest BCUT2D eigenvalue weighted by Crippen LogP contribution is 2.37. The lowest BCUT2D eigenvalue weighted by molar-refractivity contribution is -0.901. The third kappa shape index (κ3) is 3.03.